The number of carboxylic acids is 1. The molecule has 0 radical (unpaired) electrons. The maximum Gasteiger partial charge on any atom is 0.303 e. The van der Waals surface area contributed by atoms with Crippen molar-refractivity contribution in [3.05, 3.63) is 84.4 Å². The number of aryl methyl sites for hydroxylation is 1. The van der Waals surface area contributed by atoms with E-state index in [1.54, 1.807) is 0 Å². The van der Waals surface area contributed by atoms with E-state index in [1.165, 1.54) is 0 Å². The van der Waals surface area contributed by atoms with Gasteiger partial charge in [-0.25, -0.2) is 0 Å². The summed E-state index contributed by atoms with van der Waals surface area (Å²) in [6.45, 7) is 1.10. The van der Waals surface area contributed by atoms with Gasteiger partial charge < -0.3 is 19.3 Å². The van der Waals surface area contributed by atoms with Gasteiger partial charge in [0.2, 0.25) is 0 Å². The van der Waals surface area contributed by atoms with Crippen LogP contribution in [0.15, 0.2) is 78.9 Å². The topological polar surface area (TPSA) is 65.0 Å². The molecule has 0 bridgehead atoms. The van der Waals surface area contributed by atoms with Crippen LogP contribution in [0.5, 0.6) is 23.0 Å². The lowest BCUT2D eigenvalue weighted by atomic mass is 10.1. The molecule has 0 heterocycles. The van der Waals surface area contributed by atoms with Gasteiger partial charge in [0, 0.05) is 12.8 Å². The van der Waals surface area contributed by atoms with Gasteiger partial charge in [-0.05, 0) is 60.5 Å². The SMILES string of the molecule is O=C(O)CCc1ccc(OCCCOc2ccc(Oc3ccccc3)cc2)cc1. The summed E-state index contributed by atoms with van der Waals surface area (Å²) in [4.78, 5) is 10.6. The van der Waals surface area contributed by atoms with E-state index in [2.05, 4.69) is 0 Å². The quantitative estimate of drug-likeness (QED) is 0.446. The van der Waals surface area contributed by atoms with Crippen LogP contribution in [-0.4, -0.2) is 24.3 Å². The van der Waals surface area contributed by atoms with Crippen LogP contribution in [0.3, 0.4) is 0 Å². The lowest BCUT2D eigenvalue weighted by Crippen LogP contribution is -2.05. The Balaban J connectivity index is 1.33. The molecule has 0 amide bonds. The average Bonchev–Trinajstić information content (AvgIpc) is 2.75. The highest BCUT2D eigenvalue weighted by Gasteiger charge is 2.01. The third-order valence-electron chi connectivity index (χ3n) is 4.18. The number of rotatable bonds is 11. The van der Waals surface area contributed by atoms with Crippen molar-refractivity contribution in [2.75, 3.05) is 13.2 Å². The number of para-hydroxylation sites is 1. The molecule has 150 valence electrons. The van der Waals surface area contributed by atoms with Gasteiger partial charge in [0.05, 0.1) is 13.2 Å². The fourth-order valence-electron chi connectivity index (χ4n) is 2.67. The number of ether oxygens (including phenoxy) is 3. The van der Waals surface area contributed by atoms with Crippen molar-refractivity contribution < 1.29 is 24.1 Å². The van der Waals surface area contributed by atoms with Crippen molar-refractivity contribution >= 4 is 5.97 Å². The van der Waals surface area contributed by atoms with Crippen LogP contribution in [0.4, 0.5) is 0 Å². The van der Waals surface area contributed by atoms with Crippen LogP contribution >= 0.6 is 0 Å². The number of benzene rings is 3. The minimum absolute atomic E-state index is 0.136. The highest BCUT2D eigenvalue weighted by atomic mass is 16.5. The number of carbonyl (C=O) groups is 1. The Hall–Kier alpha value is -3.47. The molecule has 0 unspecified atom stereocenters. The average molecular weight is 392 g/mol. The maximum absolute atomic E-state index is 10.6. The van der Waals surface area contributed by atoms with Gasteiger partial charge in [-0.2, -0.15) is 0 Å². The van der Waals surface area contributed by atoms with E-state index in [9.17, 15) is 4.79 Å². The molecule has 0 aliphatic carbocycles. The predicted octanol–water partition coefficient (Wildman–Crippen LogP) is 5.34. The van der Waals surface area contributed by atoms with Crippen molar-refractivity contribution in [1.82, 2.24) is 0 Å². The van der Waals surface area contributed by atoms with Crippen LogP contribution in [0.2, 0.25) is 0 Å². The van der Waals surface area contributed by atoms with E-state index in [-0.39, 0.29) is 6.42 Å². The molecule has 0 fully saturated rings. The molecule has 5 nitrogen and oxygen atoms in total. The van der Waals surface area contributed by atoms with E-state index in [4.69, 9.17) is 19.3 Å². The molecule has 3 aromatic rings. The van der Waals surface area contributed by atoms with Crippen LogP contribution in [0, 0.1) is 0 Å². The fourth-order valence-corrected chi connectivity index (χ4v) is 2.67. The minimum Gasteiger partial charge on any atom is -0.493 e. The summed E-state index contributed by atoms with van der Waals surface area (Å²) in [5.74, 6) is 2.33. The largest absolute Gasteiger partial charge is 0.493 e. The van der Waals surface area contributed by atoms with Gasteiger partial charge >= 0.3 is 5.97 Å². The van der Waals surface area contributed by atoms with Gasteiger partial charge in [0.25, 0.3) is 0 Å². The van der Waals surface area contributed by atoms with Crippen molar-refractivity contribution in [2.45, 2.75) is 19.3 Å². The van der Waals surface area contributed by atoms with Crippen molar-refractivity contribution in [1.29, 1.82) is 0 Å². The molecule has 29 heavy (non-hydrogen) atoms. The van der Waals surface area contributed by atoms with Gasteiger partial charge in [0.15, 0.2) is 0 Å². The van der Waals surface area contributed by atoms with Crippen molar-refractivity contribution in [3.63, 3.8) is 0 Å². The first-order valence-electron chi connectivity index (χ1n) is 9.58. The Labute approximate surface area is 170 Å². The summed E-state index contributed by atoms with van der Waals surface area (Å²) < 4.78 is 17.2. The number of aliphatic carboxylic acids is 1. The summed E-state index contributed by atoms with van der Waals surface area (Å²) in [5.41, 5.74) is 0.989. The molecule has 3 aromatic carbocycles. The van der Waals surface area contributed by atoms with E-state index < -0.39 is 5.97 Å². The monoisotopic (exact) mass is 392 g/mol. The first-order chi connectivity index (χ1) is 14.2. The first kappa shape index (κ1) is 20.3. The Kier molecular flexibility index (Phi) is 7.52. The smallest absolute Gasteiger partial charge is 0.303 e. The lowest BCUT2D eigenvalue weighted by Gasteiger charge is -2.10. The number of hydrogen-bond acceptors (Lipinski definition) is 4. The Morgan fingerprint density at radius 1 is 0.690 bits per heavy atom. The summed E-state index contributed by atoms with van der Waals surface area (Å²) in [7, 11) is 0. The van der Waals surface area contributed by atoms with Crippen LogP contribution in [0.1, 0.15) is 18.4 Å². The van der Waals surface area contributed by atoms with E-state index >= 15 is 0 Å². The molecular formula is C24H24O5. The third-order valence-corrected chi connectivity index (χ3v) is 4.18. The summed E-state index contributed by atoms with van der Waals surface area (Å²) in [5, 5.41) is 8.71. The van der Waals surface area contributed by atoms with Crippen LogP contribution < -0.4 is 14.2 Å². The Morgan fingerprint density at radius 3 is 1.79 bits per heavy atom. The van der Waals surface area contributed by atoms with Gasteiger partial charge in [-0.1, -0.05) is 30.3 Å². The van der Waals surface area contributed by atoms with E-state index in [1.807, 2.05) is 78.9 Å². The Bertz CT molecular complexity index is 873. The second kappa shape index (κ2) is 10.8. The molecule has 1 N–H and O–H groups in total. The van der Waals surface area contributed by atoms with Crippen molar-refractivity contribution in [3.8, 4) is 23.0 Å². The molecule has 3 rings (SSSR count). The standard InChI is InChI=1S/C24H24O5/c25-24(26)16-9-19-7-10-20(11-8-19)27-17-4-18-28-21-12-14-23(15-13-21)29-22-5-2-1-3-6-22/h1-3,5-8,10-15H,4,9,16-18H2,(H,25,26). The fraction of sp³-hybridized carbons (Fsp3) is 0.208. The van der Waals surface area contributed by atoms with Gasteiger partial charge in [0.1, 0.15) is 23.0 Å². The third kappa shape index (κ3) is 7.22. The lowest BCUT2D eigenvalue weighted by molar-refractivity contribution is -0.136. The van der Waals surface area contributed by atoms with Crippen LogP contribution in [0.25, 0.3) is 0 Å². The molecule has 5 heteroatoms. The van der Waals surface area contributed by atoms with E-state index in [0.29, 0.717) is 19.6 Å². The molecule has 0 saturated carbocycles. The summed E-state index contributed by atoms with van der Waals surface area (Å²) >= 11 is 0. The maximum atomic E-state index is 10.6. The van der Waals surface area contributed by atoms with Gasteiger partial charge in [-0.15, -0.1) is 0 Å². The summed E-state index contributed by atoms with van der Waals surface area (Å²) in [6.07, 6.45) is 1.42. The highest BCUT2D eigenvalue weighted by Crippen LogP contribution is 2.23. The first-order valence-corrected chi connectivity index (χ1v) is 9.58. The molecule has 0 aliphatic rings. The van der Waals surface area contributed by atoms with Crippen molar-refractivity contribution in [2.24, 2.45) is 0 Å². The second-order valence-corrected chi connectivity index (χ2v) is 6.47. The molecule has 0 aliphatic heterocycles. The zero-order valence-corrected chi connectivity index (χ0v) is 16.1. The Morgan fingerprint density at radius 2 is 1.21 bits per heavy atom. The predicted molar refractivity (Wildman–Crippen MR) is 111 cm³/mol. The zero-order valence-electron chi connectivity index (χ0n) is 16.1. The second-order valence-electron chi connectivity index (χ2n) is 6.47. The molecule has 0 spiro atoms. The molecule has 0 aromatic heterocycles. The van der Waals surface area contributed by atoms with Gasteiger partial charge in [-0.3, -0.25) is 4.79 Å². The molecular weight excluding hydrogens is 368 g/mol. The van der Waals surface area contributed by atoms with Crippen LogP contribution in [-0.2, 0) is 11.2 Å². The normalized spacial score (nSPS) is 10.3. The minimum atomic E-state index is -0.788. The van der Waals surface area contributed by atoms with E-state index in [0.717, 1.165) is 35.0 Å². The molecule has 0 saturated heterocycles. The number of hydrogen-bond donors (Lipinski definition) is 1. The summed E-state index contributed by atoms with van der Waals surface area (Å²) in [6, 6.07) is 24.7. The molecule has 0 atom stereocenters. The zero-order chi connectivity index (χ0) is 20.3. The number of carboxylic acid groups (broad SMARTS) is 1. The highest BCUT2D eigenvalue weighted by molar-refractivity contribution is 5.67.